The second-order valence-electron chi connectivity index (χ2n) is 6.41. The highest BCUT2D eigenvalue weighted by Gasteiger charge is 2.19. The van der Waals surface area contributed by atoms with Gasteiger partial charge in [0, 0.05) is 11.5 Å². The Hall–Kier alpha value is -2.90. The molecule has 2 rings (SSSR count). The Kier molecular flexibility index (Phi) is 5.41. The minimum atomic E-state index is -0.594. The van der Waals surface area contributed by atoms with Crippen LogP contribution in [-0.4, -0.2) is 30.7 Å². The highest BCUT2D eigenvalue weighted by atomic mass is 19.1. The van der Waals surface area contributed by atoms with Gasteiger partial charge in [-0.05, 0) is 18.2 Å². The molecule has 0 aliphatic heterocycles. The van der Waals surface area contributed by atoms with Crippen molar-refractivity contribution in [3.63, 3.8) is 0 Å². The van der Waals surface area contributed by atoms with E-state index >= 15 is 0 Å². The monoisotopic (exact) mass is 349 g/mol. The summed E-state index contributed by atoms with van der Waals surface area (Å²) in [7, 11) is 1.23. The molecule has 1 aromatic carbocycles. The van der Waals surface area contributed by atoms with E-state index in [0.29, 0.717) is 5.69 Å². The van der Waals surface area contributed by atoms with E-state index in [1.807, 2.05) is 20.8 Å². The lowest BCUT2D eigenvalue weighted by Crippen LogP contribution is -2.22. The van der Waals surface area contributed by atoms with Gasteiger partial charge in [-0.3, -0.25) is 10.1 Å². The van der Waals surface area contributed by atoms with Crippen LogP contribution in [0.2, 0.25) is 0 Å². The van der Waals surface area contributed by atoms with E-state index in [9.17, 15) is 14.0 Å². The van der Waals surface area contributed by atoms with Gasteiger partial charge in [0.05, 0.1) is 30.6 Å². The van der Waals surface area contributed by atoms with E-state index < -0.39 is 17.7 Å². The van der Waals surface area contributed by atoms with Gasteiger partial charge >= 0.3 is 5.97 Å². The number of halogens is 1. The van der Waals surface area contributed by atoms with E-state index in [-0.39, 0.29) is 29.1 Å². The van der Waals surface area contributed by atoms with Crippen LogP contribution in [0.25, 0.3) is 0 Å². The summed E-state index contributed by atoms with van der Waals surface area (Å²) in [5.74, 6) is -1.42. The van der Waals surface area contributed by atoms with Crippen molar-refractivity contribution in [2.24, 2.45) is 0 Å². The number of esters is 1. The SMILES string of the molecule is COC(=O)c1ccc(F)c(NCC(=O)Nc2cc(C(C)(C)C)no2)c1. The lowest BCUT2D eigenvalue weighted by molar-refractivity contribution is -0.114. The molecule has 0 saturated carbocycles. The fourth-order valence-electron chi connectivity index (χ4n) is 1.95. The van der Waals surface area contributed by atoms with Crippen LogP contribution in [0, 0.1) is 5.82 Å². The van der Waals surface area contributed by atoms with E-state index in [1.165, 1.54) is 19.2 Å². The normalized spacial score (nSPS) is 11.1. The molecule has 7 nitrogen and oxygen atoms in total. The standard InChI is InChI=1S/C17H20FN3O4/c1-17(2,3)13-8-15(25-21-13)20-14(22)9-19-12-7-10(16(23)24-4)5-6-11(12)18/h5-8,19H,9H2,1-4H3,(H,20,22). The Labute approximate surface area is 144 Å². The number of ether oxygens (including phenoxy) is 1. The van der Waals surface area contributed by atoms with Gasteiger partial charge < -0.3 is 14.6 Å². The third kappa shape index (κ3) is 4.79. The van der Waals surface area contributed by atoms with Gasteiger partial charge in [0.1, 0.15) is 5.82 Å². The molecule has 2 N–H and O–H groups in total. The Balaban J connectivity index is 1.98. The van der Waals surface area contributed by atoms with E-state index in [4.69, 9.17) is 4.52 Å². The average Bonchev–Trinajstić information content (AvgIpc) is 3.02. The van der Waals surface area contributed by atoms with Crippen molar-refractivity contribution in [2.45, 2.75) is 26.2 Å². The number of amides is 1. The second kappa shape index (κ2) is 7.33. The molecule has 134 valence electrons. The molecule has 0 bridgehead atoms. The topological polar surface area (TPSA) is 93.5 Å². The number of nitrogens with zero attached hydrogens (tertiary/aromatic N) is 1. The van der Waals surface area contributed by atoms with Crippen LogP contribution in [0.3, 0.4) is 0 Å². The van der Waals surface area contributed by atoms with E-state index in [0.717, 1.165) is 6.07 Å². The van der Waals surface area contributed by atoms with Gasteiger partial charge in [0.15, 0.2) is 0 Å². The van der Waals surface area contributed by atoms with Crippen molar-refractivity contribution in [3.8, 4) is 0 Å². The maximum Gasteiger partial charge on any atom is 0.337 e. The highest BCUT2D eigenvalue weighted by molar-refractivity contribution is 5.93. The summed E-state index contributed by atoms with van der Waals surface area (Å²) in [6.07, 6.45) is 0. The molecular weight excluding hydrogens is 329 g/mol. The van der Waals surface area contributed by atoms with Crippen molar-refractivity contribution in [1.82, 2.24) is 5.16 Å². The smallest absolute Gasteiger partial charge is 0.337 e. The van der Waals surface area contributed by atoms with Crippen LogP contribution in [-0.2, 0) is 14.9 Å². The summed E-state index contributed by atoms with van der Waals surface area (Å²) in [6.45, 7) is 5.69. The minimum Gasteiger partial charge on any atom is -0.465 e. The minimum absolute atomic E-state index is 0.0194. The third-order valence-corrected chi connectivity index (χ3v) is 3.37. The fourth-order valence-corrected chi connectivity index (χ4v) is 1.95. The molecule has 2 aromatic rings. The molecule has 0 aliphatic rings. The Morgan fingerprint density at radius 2 is 2.00 bits per heavy atom. The first-order valence-electron chi connectivity index (χ1n) is 7.59. The van der Waals surface area contributed by atoms with E-state index in [1.54, 1.807) is 6.07 Å². The first-order valence-corrected chi connectivity index (χ1v) is 7.59. The average molecular weight is 349 g/mol. The Morgan fingerprint density at radius 1 is 1.28 bits per heavy atom. The molecule has 0 radical (unpaired) electrons. The van der Waals surface area contributed by atoms with Crippen molar-refractivity contribution < 1.29 is 23.2 Å². The first-order chi connectivity index (χ1) is 11.7. The van der Waals surface area contributed by atoms with Crippen LogP contribution in [0.1, 0.15) is 36.8 Å². The predicted octanol–water partition coefficient (Wildman–Crippen LogP) is 2.95. The van der Waals surface area contributed by atoms with Crippen LogP contribution in [0.4, 0.5) is 16.0 Å². The number of anilines is 2. The fraction of sp³-hybridized carbons (Fsp3) is 0.353. The van der Waals surface area contributed by atoms with Crippen LogP contribution in [0.5, 0.6) is 0 Å². The van der Waals surface area contributed by atoms with Gasteiger partial charge in [-0.25, -0.2) is 9.18 Å². The lowest BCUT2D eigenvalue weighted by Gasteiger charge is -2.12. The summed E-state index contributed by atoms with van der Waals surface area (Å²) < 4.78 is 23.4. The number of methoxy groups -OCH3 is 1. The third-order valence-electron chi connectivity index (χ3n) is 3.37. The molecule has 0 atom stereocenters. The van der Waals surface area contributed by atoms with Crippen LogP contribution in [0.15, 0.2) is 28.8 Å². The summed E-state index contributed by atoms with van der Waals surface area (Å²) in [4.78, 5) is 23.4. The summed E-state index contributed by atoms with van der Waals surface area (Å²) >= 11 is 0. The van der Waals surface area contributed by atoms with Gasteiger partial charge in [0.2, 0.25) is 11.8 Å². The summed E-state index contributed by atoms with van der Waals surface area (Å²) in [5, 5.41) is 9.05. The summed E-state index contributed by atoms with van der Waals surface area (Å²) in [6, 6.07) is 5.34. The van der Waals surface area contributed by atoms with Crippen molar-refractivity contribution in [3.05, 3.63) is 41.3 Å². The quantitative estimate of drug-likeness (QED) is 0.806. The van der Waals surface area contributed by atoms with Crippen LogP contribution >= 0.6 is 0 Å². The molecular formula is C17H20FN3O4. The zero-order valence-corrected chi connectivity index (χ0v) is 14.5. The number of hydrogen-bond acceptors (Lipinski definition) is 6. The Morgan fingerprint density at radius 3 is 2.60 bits per heavy atom. The molecule has 8 heteroatoms. The number of nitrogens with one attached hydrogen (secondary N) is 2. The molecule has 25 heavy (non-hydrogen) atoms. The lowest BCUT2D eigenvalue weighted by atomic mass is 9.92. The second-order valence-corrected chi connectivity index (χ2v) is 6.41. The summed E-state index contributed by atoms with van der Waals surface area (Å²) in [5.41, 5.74) is 0.692. The van der Waals surface area contributed by atoms with Crippen molar-refractivity contribution >= 4 is 23.4 Å². The van der Waals surface area contributed by atoms with Crippen molar-refractivity contribution in [1.29, 1.82) is 0 Å². The molecule has 0 saturated heterocycles. The number of benzene rings is 1. The number of carbonyl (C=O) groups is 2. The van der Waals surface area contributed by atoms with Gasteiger partial charge in [-0.1, -0.05) is 25.9 Å². The predicted molar refractivity (Wildman–Crippen MR) is 90.1 cm³/mol. The molecule has 1 aromatic heterocycles. The molecule has 1 heterocycles. The number of carbonyl (C=O) groups excluding carboxylic acids is 2. The van der Waals surface area contributed by atoms with E-state index in [2.05, 4.69) is 20.5 Å². The van der Waals surface area contributed by atoms with Gasteiger partial charge in [-0.2, -0.15) is 0 Å². The Bertz CT molecular complexity index is 780. The number of aromatic nitrogens is 1. The maximum atomic E-state index is 13.8. The zero-order valence-electron chi connectivity index (χ0n) is 14.5. The molecule has 1 amide bonds. The number of rotatable bonds is 5. The van der Waals surface area contributed by atoms with Gasteiger partial charge in [0.25, 0.3) is 0 Å². The van der Waals surface area contributed by atoms with Crippen molar-refractivity contribution in [2.75, 3.05) is 24.3 Å². The largest absolute Gasteiger partial charge is 0.465 e. The molecule has 0 spiro atoms. The van der Waals surface area contributed by atoms with Crippen LogP contribution < -0.4 is 10.6 Å². The number of hydrogen-bond donors (Lipinski definition) is 2. The van der Waals surface area contributed by atoms with Gasteiger partial charge in [-0.15, -0.1) is 0 Å². The molecule has 0 unspecified atom stereocenters. The zero-order chi connectivity index (χ0) is 18.6. The molecule has 0 fully saturated rings. The first kappa shape index (κ1) is 18.4. The highest BCUT2D eigenvalue weighted by Crippen LogP contribution is 2.23. The molecule has 0 aliphatic carbocycles. The maximum absolute atomic E-state index is 13.8.